The Hall–Kier alpha value is -2.52. The second-order valence-corrected chi connectivity index (χ2v) is 6.35. The summed E-state index contributed by atoms with van der Waals surface area (Å²) in [5.74, 6) is 0.737. The lowest BCUT2D eigenvalue weighted by atomic mass is 10.2. The van der Waals surface area contributed by atoms with Crippen LogP contribution >= 0.6 is 0 Å². The van der Waals surface area contributed by atoms with Crippen molar-refractivity contribution in [2.24, 2.45) is 0 Å². The van der Waals surface area contributed by atoms with E-state index < -0.39 is 10.0 Å². The molecule has 0 aromatic heterocycles. The Morgan fingerprint density at radius 2 is 2.05 bits per heavy atom. The van der Waals surface area contributed by atoms with Crippen molar-refractivity contribution < 1.29 is 13.2 Å². The number of rotatable bonds is 3. The molecule has 0 atom stereocenters. The van der Waals surface area contributed by atoms with Crippen molar-refractivity contribution in [1.29, 1.82) is 5.26 Å². The van der Waals surface area contributed by atoms with Gasteiger partial charge in [-0.3, -0.25) is 4.72 Å². The van der Waals surface area contributed by atoms with Crippen LogP contribution in [0.3, 0.4) is 0 Å². The second-order valence-electron chi connectivity index (χ2n) is 4.67. The van der Waals surface area contributed by atoms with Gasteiger partial charge in [0.05, 0.1) is 28.8 Å². The molecule has 106 valence electrons. The number of benzene rings is 2. The molecule has 1 aliphatic heterocycles. The Labute approximate surface area is 122 Å². The van der Waals surface area contributed by atoms with Crippen LogP contribution in [0, 0.1) is 11.3 Å². The Balaban J connectivity index is 1.92. The van der Waals surface area contributed by atoms with Crippen LogP contribution in [0.5, 0.6) is 5.75 Å². The van der Waals surface area contributed by atoms with Gasteiger partial charge in [0.1, 0.15) is 5.75 Å². The molecule has 0 spiro atoms. The third kappa shape index (κ3) is 2.69. The molecule has 0 amide bonds. The number of nitrogens with zero attached hydrogens (tertiary/aromatic N) is 1. The lowest BCUT2D eigenvalue weighted by molar-refractivity contribution is 0.356. The summed E-state index contributed by atoms with van der Waals surface area (Å²) in [6.07, 6.45) is 0.711. The molecule has 0 unspecified atom stereocenters. The lowest BCUT2D eigenvalue weighted by Gasteiger charge is -2.09. The van der Waals surface area contributed by atoms with Gasteiger partial charge in [-0.2, -0.15) is 5.26 Å². The predicted molar refractivity (Wildman–Crippen MR) is 77.6 cm³/mol. The summed E-state index contributed by atoms with van der Waals surface area (Å²) in [4.78, 5) is 0.189. The molecule has 2 aromatic rings. The number of ether oxygens (including phenoxy) is 1. The number of hydrogen-bond donors (Lipinski definition) is 1. The molecule has 0 saturated heterocycles. The summed E-state index contributed by atoms with van der Waals surface area (Å²) in [6, 6.07) is 13.1. The largest absolute Gasteiger partial charge is 0.493 e. The molecule has 0 bridgehead atoms. The molecule has 0 radical (unpaired) electrons. The van der Waals surface area contributed by atoms with E-state index in [1.54, 1.807) is 30.3 Å². The maximum atomic E-state index is 12.4. The highest BCUT2D eigenvalue weighted by molar-refractivity contribution is 7.92. The molecule has 1 aliphatic rings. The Kier molecular flexibility index (Phi) is 3.28. The van der Waals surface area contributed by atoms with E-state index in [2.05, 4.69) is 4.72 Å². The van der Waals surface area contributed by atoms with Crippen LogP contribution in [0.2, 0.25) is 0 Å². The third-order valence-electron chi connectivity index (χ3n) is 3.22. The summed E-state index contributed by atoms with van der Waals surface area (Å²) in [5, 5.41) is 8.84. The Bertz CT molecular complexity index is 838. The molecular formula is C15H12N2O3S. The highest BCUT2D eigenvalue weighted by Crippen LogP contribution is 2.28. The van der Waals surface area contributed by atoms with Crippen molar-refractivity contribution in [2.45, 2.75) is 11.3 Å². The van der Waals surface area contributed by atoms with Crippen LogP contribution in [-0.4, -0.2) is 15.0 Å². The van der Waals surface area contributed by atoms with E-state index in [9.17, 15) is 8.42 Å². The molecule has 1 N–H and O–H groups in total. The van der Waals surface area contributed by atoms with E-state index in [0.29, 0.717) is 24.3 Å². The van der Waals surface area contributed by atoms with Crippen molar-refractivity contribution in [3.63, 3.8) is 0 Å². The van der Waals surface area contributed by atoms with E-state index in [0.717, 1.165) is 11.3 Å². The summed E-state index contributed by atoms with van der Waals surface area (Å²) < 4.78 is 32.6. The van der Waals surface area contributed by atoms with Crippen molar-refractivity contribution in [1.82, 2.24) is 0 Å². The number of sulfonamides is 1. The average Bonchev–Trinajstić information content (AvgIpc) is 2.94. The van der Waals surface area contributed by atoms with Crippen LogP contribution in [0.1, 0.15) is 11.1 Å². The molecular weight excluding hydrogens is 288 g/mol. The minimum absolute atomic E-state index is 0.189. The lowest BCUT2D eigenvalue weighted by Crippen LogP contribution is -2.13. The van der Waals surface area contributed by atoms with E-state index >= 15 is 0 Å². The summed E-state index contributed by atoms with van der Waals surface area (Å²) in [7, 11) is -3.67. The van der Waals surface area contributed by atoms with Crippen molar-refractivity contribution in [3.05, 3.63) is 53.6 Å². The summed E-state index contributed by atoms with van der Waals surface area (Å²) in [5.41, 5.74) is 1.66. The van der Waals surface area contributed by atoms with E-state index in [4.69, 9.17) is 10.00 Å². The zero-order valence-electron chi connectivity index (χ0n) is 11.0. The van der Waals surface area contributed by atoms with Gasteiger partial charge in [0, 0.05) is 6.42 Å². The average molecular weight is 300 g/mol. The predicted octanol–water partition coefficient (Wildman–Crippen LogP) is 2.29. The van der Waals surface area contributed by atoms with Crippen molar-refractivity contribution in [3.8, 4) is 11.8 Å². The van der Waals surface area contributed by atoms with Crippen LogP contribution in [0.15, 0.2) is 47.4 Å². The Morgan fingerprint density at radius 1 is 1.19 bits per heavy atom. The summed E-state index contributed by atoms with van der Waals surface area (Å²) in [6.45, 7) is 0.580. The van der Waals surface area contributed by atoms with Crippen molar-refractivity contribution >= 4 is 15.7 Å². The van der Waals surface area contributed by atoms with E-state index in [1.807, 2.05) is 6.07 Å². The summed E-state index contributed by atoms with van der Waals surface area (Å²) >= 11 is 0. The smallest absolute Gasteiger partial charge is 0.261 e. The topological polar surface area (TPSA) is 79.2 Å². The fourth-order valence-electron chi connectivity index (χ4n) is 2.20. The van der Waals surface area contributed by atoms with Gasteiger partial charge in [0.25, 0.3) is 10.0 Å². The van der Waals surface area contributed by atoms with Gasteiger partial charge >= 0.3 is 0 Å². The third-order valence-corrected chi connectivity index (χ3v) is 4.59. The first kappa shape index (κ1) is 13.5. The highest BCUT2D eigenvalue weighted by Gasteiger charge is 2.19. The van der Waals surface area contributed by atoms with Gasteiger partial charge in [-0.05, 0) is 42.0 Å². The van der Waals surface area contributed by atoms with Gasteiger partial charge in [0.15, 0.2) is 0 Å². The first-order chi connectivity index (χ1) is 10.1. The minimum Gasteiger partial charge on any atom is -0.493 e. The van der Waals surface area contributed by atoms with Crippen LogP contribution in [0.4, 0.5) is 5.69 Å². The molecule has 6 heteroatoms. The van der Waals surface area contributed by atoms with Gasteiger partial charge in [-0.15, -0.1) is 0 Å². The quantitative estimate of drug-likeness (QED) is 0.943. The number of nitrogens with one attached hydrogen (secondary N) is 1. The minimum atomic E-state index is -3.67. The van der Waals surface area contributed by atoms with Gasteiger partial charge in [0.2, 0.25) is 0 Å². The standard InChI is InChI=1S/C15H12N2O3S/c16-10-11-2-1-3-13(8-11)17-21(18,19)14-4-5-15-12(9-14)6-7-20-15/h1-5,8-9,17H,6-7H2. The molecule has 5 nitrogen and oxygen atoms in total. The molecule has 21 heavy (non-hydrogen) atoms. The second kappa shape index (κ2) is 5.11. The Morgan fingerprint density at radius 3 is 2.86 bits per heavy atom. The van der Waals surface area contributed by atoms with Gasteiger partial charge < -0.3 is 4.74 Å². The fraction of sp³-hybridized carbons (Fsp3) is 0.133. The first-order valence-corrected chi connectivity index (χ1v) is 7.85. The van der Waals surface area contributed by atoms with Gasteiger partial charge in [-0.25, -0.2) is 8.42 Å². The van der Waals surface area contributed by atoms with Gasteiger partial charge in [-0.1, -0.05) is 6.07 Å². The first-order valence-electron chi connectivity index (χ1n) is 6.37. The zero-order chi connectivity index (χ0) is 14.9. The van der Waals surface area contributed by atoms with Crippen LogP contribution in [0.25, 0.3) is 0 Å². The number of fused-ring (bicyclic) bond motifs is 1. The van der Waals surface area contributed by atoms with E-state index in [1.165, 1.54) is 12.1 Å². The van der Waals surface area contributed by atoms with Crippen molar-refractivity contribution in [2.75, 3.05) is 11.3 Å². The maximum Gasteiger partial charge on any atom is 0.261 e. The van der Waals surface area contributed by atoms with Crippen LogP contribution < -0.4 is 9.46 Å². The normalized spacial score (nSPS) is 13.1. The molecule has 0 saturated carbocycles. The van der Waals surface area contributed by atoms with E-state index in [-0.39, 0.29) is 4.90 Å². The number of anilines is 1. The zero-order valence-corrected chi connectivity index (χ0v) is 11.9. The number of hydrogen-bond acceptors (Lipinski definition) is 4. The maximum absolute atomic E-state index is 12.4. The molecule has 0 fully saturated rings. The number of nitriles is 1. The molecule has 3 rings (SSSR count). The molecule has 2 aromatic carbocycles. The molecule has 1 heterocycles. The monoisotopic (exact) mass is 300 g/mol. The fourth-order valence-corrected chi connectivity index (χ4v) is 3.30. The highest BCUT2D eigenvalue weighted by atomic mass is 32.2. The molecule has 0 aliphatic carbocycles. The van der Waals surface area contributed by atoms with Crippen LogP contribution in [-0.2, 0) is 16.4 Å². The SMILES string of the molecule is N#Cc1cccc(NS(=O)(=O)c2ccc3c(c2)CCO3)c1.